The van der Waals surface area contributed by atoms with Gasteiger partial charge in [-0.05, 0) is 31.1 Å². The first-order chi connectivity index (χ1) is 7.95. The zero-order valence-corrected chi connectivity index (χ0v) is 13.0. The molecule has 0 radical (unpaired) electrons. The Hall–Kier alpha value is 0.240. The first kappa shape index (κ1) is 17.2. The molecular weight excluding hydrogens is 256 g/mol. The van der Waals surface area contributed by atoms with Crippen LogP contribution >= 0.6 is 11.6 Å². The normalized spacial score (nSPS) is 15.8. The minimum atomic E-state index is -2.82. The second-order valence-electron chi connectivity index (χ2n) is 4.93. The third-order valence-corrected chi connectivity index (χ3v) is 6.05. The predicted molar refractivity (Wildman–Crippen MR) is 76.5 cm³/mol. The van der Waals surface area contributed by atoms with E-state index in [2.05, 4.69) is 13.8 Å². The molecule has 17 heavy (non-hydrogen) atoms. The molecule has 0 aromatic heterocycles. The molecule has 2 nitrogen and oxygen atoms in total. The van der Waals surface area contributed by atoms with E-state index < -0.39 is 9.84 Å². The molecule has 4 heteroatoms. The molecule has 0 saturated heterocycles. The Bertz CT molecular complexity index is 282. The molecule has 0 aliphatic carbocycles. The Morgan fingerprint density at radius 3 is 2.06 bits per heavy atom. The van der Waals surface area contributed by atoms with Crippen LogP contribution < -0.4 is 0 Å². The third kappa shape index (κ3) is 6.66. The van der Waals surface area contributed by atoms with Crippen molar-refractivity contribution in [1.82, 2.24) is 0 Å². The monoisotopic (exact) mass is 282 g/mol. The van der Waals surface area contributed by atoms with Crippen molar-refractivity contribution in [1.29, 1.82) is 0 Å². The van der Waals surface area contributed by atoms with Gasteiger partial charge in [0.15, 0.2) is 0 Å². The van der Waals surface area contributed by atoms with E-state index in [9.17, 15) is 8.42 Å². The van der Waals surface area contributed by atoms with Crippen molar-refractivity contribution in [2.45, 2.75) is 59.3 Å². The van der Waals surface area contributed by atoms with E-state index in [0.29, 0.717) is 11.6 Å². The quantitative estimate of drug-likeness (QED) is 0.567. The first-order valence-electron chi connectivity index (χ1n) is 6.71. The molecule has 0 saturated carbocycles. The summed E-state index contributed by atoms with van der Waals surface area (Å²) in [6.07, 6.45) is 6.21. The fraction of sp³-hybridized carbons (Fsp3) is 1.00. The Kier molecular flexibility index (Phi) is 8.48. The fourth-order valence-electron chi connectivity index (χ4n) is 2.07. The van der Waals surface area contributed by atoms with E-state index in [0.717, 1.165) is 25.7 Å². The van der Waals surface area contributed by atoms with Gasteiger partial charge in [0.25, 0.3) is 0 Å². The topological polar surface area (TPSA) is 34.1 Å². The van der Waals surface area contributed by atoms with Crippen molar-refractivity contribution in [3.63, 3.8) is 0 Å². The zero-order chi connectivity index (χ0) is 13.4. The Labute approximate surface area is 112 Å². The Morgan fingerprint density at radius 1 is 1.06 bits per heavy atom. The molecule has 0 aromatic rings. The third-order valence-electron chi connectivity index (χ3n) is 3.70. The molecule has 0 bridgehead atoms. The zero-order valence-electron chi connectivity index (χ0n) is 11.5. The number of rotatable bonds is 10. The van der Waals surface area contributed by atoms with Gasteiger partial charge < -0.3 is 0 Å². The largest absolute Gasteiger partial charge is 0.229 e. The summed E-state index contributed by atoms with van der Waals surface area (Å²) >= 11 is 6.09. The van der Waals surface area contributed by atoms with Crippen molar-refractivity contribution in [3.05, 3.63) is 0 Å². The molecule has 0 amide bonds. The number of sulfone groups is 1. The van der Waals surface area contributed by atoms with Crippen molar-refractivity contribution in [2.75, 3.05) is 17.4 Å². The molecule has 0 N–H and O–H groups in total. The van der Waals surface area contributed by atoms with Crippen LogP contribution in [0.2, 0.25) is 0 Å². The average molecular weight is 283 g/mol. The van der Waals surface area contributed by atoms with Crippen LogP contribution in [-0.2, 0) is 9.84 Å². The van der Waals surface area contributed by atoms with Gasteiger partial charge in [0.1, 0.15) is 9.84 Å². The molecule has 0 spiro atoms. The highest BCUT2D eigenvalue weighted by Gasteiger charge is 2.26. The van der Waals surface area contributed by atoms with Crippen LogP contribution in [0.25, 0.3) is 0 Å². The van der Waals surface area contributed by atoms with Gasteiger partial charge in [0, 0.05) is 11.6 Å². The average Bonchev–Trinajstić information content (AvgIpc) is 2.34. The lowest BCUT2D eigenvalue weighted by atomic mass is 9.78. The minimum Gasteiger partial charge on any atom is -0.229 e. The van der Waals surface area contributed by atoms with Crippen LogP contribution in [0.5, 0.6) is 0 Å². The lowest BCUT2D eigenvalue weighted by molar-refractivity contribution is 0.256. The maximum Gasteiger partial charge on any atom is 0.150 e. The number of hydrogen-bond acceptors (Lipinski definition) is 2. The Balaban J connectivity index is 4.26. The van der Waals surface area contributed by atoms with E-state index in [4.69, 9.17) is 11.6 Å². The summed E-state index contributed by atoms with van der Waals surface area (Å²) in [6.45, 7) is 6.05. The lowest BCUT2D eigenvalue weighted by Crippen LogP contribution is -2.23. The van der Waals surface area contributed by atoms with Gasteiger partial charge in [-0.1, -0.05) is 33.6 Å². The predicted octanol–water partition coefficient (Wildman–Crippen LogP) is 4.03. The number of alkyl halides is 1. The molecule has 0 aliphatic rings. The molecule has 104 valence electrons. The van der Waals surface area contributed by atoms with Gasteiger partial charge in [-0.25, -0.2) is 8.42 Å². The molecule has 1 atom stereocenters. The molecule has 0 aromatic carbocycles. The highest BCUT2D eigenvalue weighted by atomic mass is 35.5. The number of hydrogen-bond donors (Lipinski definition) is 0. The number of unbranched alkanes of at least 4 members (excludes halogenated alkanes) is 1. The van der Waals surface area contributed by atoms with E-state index in [1.54, 1.807) is 6.92 Å². The van der Waals surface area contributed by atoms with Crippen LogP contribution in [0.15, 0.2) is 0 Å². The van der Waals surface area contributed by atoms with Gasteiger partial charge in [0.2, 0.25) is 0 Å². The van der Waals surface area contributed by atoms with Gasteiger partial charge in [0.05, 0.1) is 5.75 Å². The van der Waals surface area contributed by atoms with Crippen LogP contribution in [0.4, 0.5) is 0 Å². The molecule has 1 unspecified atom stereocenters. The number of halogens is 1. The molecule has 0 aliphatic heterocycles. The second-order valence-corrected chi connectivity index (χ2v) is 7.67. The summed E-state index contributed by atoms with van der Waals surface area (Å²) in [5, 5.41) is 0. The van der Waals surface area contributed by atoms with Crippen LogP contribution in [-0.4, -0.2) is 25.8 Å². The van der Waals surface area contributed by atoms with Crippen molar-refractivity contribution in [3.8, 4) is 0 Å². The Morgan fingerprint density at radius 2 is 1.65 bits per heavy atom. The highest BCUT2D eigenvalue weighted by molar-refractivity contribution is 7.91. The summed E-state index contributed by atoms with van der Waals surface area (Å²) in [5.41, 5.74) is 0.154. The standard InChI is InChI=1S/C13H27ClO2S/c1-4-7-9-13(5-2,12-14)10-8-11-17(15,16)6-3/h4-12H2,1-3H3. The van der Waals surface area contributed by atoms with Gasteiger partial charge in [-0.15, -0.1) is 11.6 Å². The van der Waals surface area contributed by atoms with Gasteiger partial charge in [-0.3, -0.25) is 0 Å². The molecule has 0 rings (SSSR count). The minimum absolute atomic E-state index is 0.154. The fourth-order valence-corrected chi connectivity index (χ4v) is 3.40. The molecule has 0 fully saturated rings. The summed E-state index contributed by atoms with van der Waals surface area (Å²) in [7, 11) is -2.82. The lowest BCUT2D eigenvalue weighted by Gasteiger charge is -2.30. The van der Waals surface area contributed by atoms with Crippen molar-refractivity contribution >= 4 is 21.4 Å². The van der Waals surface area contributed by atoms with E-state index >= 15 is 0 Å². The van der Waals surface area contributed by atoms with Crippen LogP contribution in [0.3, 0.4) is 0 Å². The first-order valence-corrected chi connectivity index (χ1v) is 9.07. The summed E-state index contributed by atoms with van der Waals surface area (Å²) in [5.74, 6) is 1.21. The maximum absolute atomic E-state index is 11.4. The summed E-state index contributed by atoms with van der Waals surface area (Å²) in [4.78, 5) is 0. The smallest absolute Gasteiger partial charge is 0.150 e. The second kappa shape index (κ2) is 8.36. The van der Waals surface area contributed by atoms with Crippen molar-refractivity contribution in [2.24, 2.45) is 5.41 Å². The van der Waals surface area contributed by atoms with E-state index in [-0.39, 0.29) is 11.2 Å². The summed E-state index contributed by atoms with van der Waals surface area (Å²) in [6, 6.07) is 0. The van der Waals surface area contributed by atoms with Crippen LogP contribution in [0, 0.1) is 5.41 Å². The van der Waals surface area contributed by atoms with E-state index in [1.165, 1.54) is 12.8 Å². The van der Waals surface area contributed by atoms with Crippen molar-refractivity contribution < 1.29 is 8.42 Å². The summed E-state index contributed by atoms with van der Waals surface area (Å²) < 4.78 is 22.9. The molecule has 0 heterocycles. The maximum atomic E-state index is 11.4. The molecular formula is C13H27ClO2S. The van der Waals surface area contributed by atoms with Gasteiger partial charge in [-0.2, -0.15) is 0 Å². The van der Waals surface area contributed by atoms with E-state index in [1.807, 2.05) is 0 Å². The highest BCUT2D eigenvalue weighted by Crippen LogP contribution is 2.35. The van der Waals surface area contributed by atoms with Gasteiger partial charge >= 0.3 is 0 Å². The van der Waals surface area contributed by atoms with Crippen LogP contribution in [0.1, 0.15) is 59.3 Å². The SMILES string of the molecule is CCCCC(CC)(CCl)CCCS(=O)(=O)CC.